The summed E-state index contributed by atoms with van der Waals surface area (Å²) in [6, 6.07) is 1.48. The van der Waals surface area contributed by atoms with Crippen LogP contribution < -0.4 is 65.1 Å². The summed E-state index contributed by atoms with van der Waals surface area (Å²) in [6.45, 7) is 0.910. The number of fused-ring (bicyclic) bond motifs is 2. The number of phenolic OH excluding ortho intramolecular Hbond substituents is 1. The molecule has 6 rings (SSSR count). The predicted octanol–water partition coefficient (Wildman–Crippen LogP) is -2.53. The van der Waals surface area contributed by atoms with Crippen LogP contribution in [0.4, 0.5) is 0 Å². The van der Waals surface area contributed by atoms with Gasteiger partial charge < -0.3 is 105 Å². The number of nitrogens with zero attached hydrogens (tertiary/aromatic N) is 1. The van der Waals surface area contributed by atoms with E-state index in [0.717, 1.165) is 11.8 Å². The molecule has 1 aliphatic rings. The number of H-pyrrole nitrogens is 2. The molecule has 1 saturated heterocycles. The van der Waals surface area contributed by atoms with Crippen molar-refractivity contribution in [3.05, 3.63) is 102 Å². The third-order valence-corrected chi connectivity index (χ3v) is 18.3. The molecule has 0 spiro atoms. The molecule has 35 nitrogen and oxygen atoms in total. The highest BCUT2D eigenvalue weighted by molar-refractivity contribution is 7.98. The van der Waals surface area contributed by atoms with Crippen molar-refractivity contribution in [3.8, 4) is 5.75 Å². The van der Waals surface area contributed by atoms with Gasteiger partial charge in [0.15, 0.2) is 0 Å². The number of aliphatic carboxylic acids is 3. The number of nitrogens with two attached hydrogens (primary N) is 3. The number of nitrogens with one attached hydrogen (secondary N) is 11. The molecule has 105 heavy (non-hydrogen) atoms. The van der Waals surface area contributed by atoms with Crippen molar-refractivity contribution < 1.29 is 97.5 Å². The predicted molar refractivity (Wildman–Crippen MR) is 383 cm³/mol. The number of likely N-dealkylation sites (tertiary alicyclic amines) is 1. The first-order valence-electron chi connectivity index (χ1n) is 33.6. The molecular weight excluding hydrogens is 1410 g/mol. The van der Waals surface area contributed by atoms with E-state index in [1.807, 2.05) is 0 Å². The molecule has 12 amide bonds. The SMILES string of the molecule is CSCC[C@H](N)C(=O)N[C@@H](CCC(=O)O)C(=O)N[C@@H](Cc1c[nH]c2ccccc12)C(=O)N[C@@H](Cc1c[nH]c2ccccc12)C(=O)N[C@H](C(=O)N[C@@H](CCC(N)=O)C(=O)N[C@@H](CCC(=O)O)C(=O)N1CCC[C@H]1C(=O)N[C@@H](Cc1ccc(O)cc1)C(=O)N[C@@H](CCC(N)=O)C(=O)N[C@@H](CS)C(=O)O)[C@@H](C)O. The van der Waals surface area contributed by atoms with Crippen LogP contribution in [-0.4, -0.2) is 226 Å². The largest absolute Gasteiger partial charge is 0.508 e. The maximum absolute atomic E-state index is 15.0. The van der Waals surface area contributed by atoms with E-state index in [9.17, 15) is 92.7 Å². The zero-order valence-electron chi connectivity index (χ0n) is 57.4. The van der Waals surface area contributed by atoms with Gasteiger partial charge in [-0.1, -0.05) is 48.5 Å². The van der Waals surface area contributed by atoms with Crippen LogP contribution in [0.3, 0.4) is 0 Å². The molecule has 2 aromatic heterocycles. The van der Waals surface area contributed by atoms with Crippen molar-refractivity contribution in [3.63, 3.8) is 0 Å². The van der Waals surface area contributed by atoms with Gasteiger partial charge in [0, 0.05) is 91.4 Å². The molecule has 22 N–H and O–H groups in total. The summed E-state index contributed by atoms with van der Waals surface area (Å²) >= 11 is 5.36. The number of carboxylic acids is 3. The molecule has 12 atom stereocenters. The Morgan fingerprint density at radius 3 is 1.42 bits per heavy atom. The number of carbonyl (C=O) groups is 15. The first kappa shape index (κ1) is 83.2. The van der Waals surface area contributed by atoms with Crippen molar-refractivity contribution in [2.24, 2.45) is 17.2 Å². The quantitative estimate of drug-likeness (QED) is 0.0179. The van der Waals surface area contributed by atoms with Crippen LogP contribution in [0.2, 0.25) is 0 Å². The summed E-state index contributed by atoms with van der Waals surface area (Å²) < 4.78 is 0. The molecule has 568 valence electrons. The average molecular weight is 1500 g/mol. The third kappa shape index (κ3) is 25.3. The minimum absolute atomic E-state index is 0.0703. The topological polar surface area (TPSA) is 578 Å². The molecule has 0 radical (unpaired) electrons. The summed E-state index contributed by atoms with van der Waals surface area (Å²) in [5.74, 6) is -16.6. The van der Waals surface area contributed by atoms with Gasteiger partial charge in [-0.3, -0.25) is 67.1 Å². The van der Waals surface area contributed by atoms with Crippen molar-refractivity contribution in [1.82, 2.24) is 62.7 Å². The Kier molecular flexibility index (Phi) is 31.9. The number of hydrogen-bond donors (Lipinski definition) is 20. The molecule has 5 aromatic rings. The van der Waals surface area contributed by atoms with E-state index >= 15 is 4.79 Å². The fraction of sp³-hybridized carbons (Fsp3) is 0.456. The number of phenols is 1. The summed E-state index contributed by atoms with van der Waals surface area (Å²) in [5, 5.41) is 73.9. The Bertz CT molecular complexity index is 3970. The Labute approximate surface area is 611 Å². The average Bonchev–Trinajstić information content (AvgIpc) is 1.73. The fourth-order valence-electron chi connectivity index (χ4n) is 11.6. The number of aliphatic hydroxyl groups excluding tert-OH is 1. The molecule has 1 aliphatic heterocycles. The summed E-state index contributed by atoms with van der Waals surface area (Å²) in [5.41, 5.74) is 19.5. The molecule has 37 heteroatoms. The number of thioether (sulfide) groups is 1. The van der Waals surface area contributed by atoms with Crippen LogP contribution >= 0.6 is 24.4 Å². The molecule has 0 saturated carbocycles. The zero-order valence-corrected chi connectivity index (χ0v) is 59.1. The van der Waals surface area contributed by atoms with Crippen LogP contribution in [-0.2, 0) is 91.2 Å². The Morgan fingerprint density at radius 1 is 0.533 bits per heavy atom. The number of amides is 12. The highest BCUT2D eigenvalue weighted by Gasteiger charge is 2.42. The molecule has 0 unspecified atom stereocenters. The molecule has 3 aromatic carbocycles. The van der Waals surface area contributed by atoms with E-state index in [4.69, 9.17) is 17.2 Å². The van der Waals surface area contributed by atoms with Crippen LogP contribution in [0.15, 0.2) is 85.2 Å². The minimum atomic E-state index is -2.01. The number of rotatable bonds is 43. The van der Waals surface area contributed by atoms with Crippen LogP contribution in [0, 0.1) is 0 Å². The smallest absolute Gasteiger partial charge is 0.327 e. The lowest BCUT2D eigenvalue weighted by atomic mass is 10.0. The number of aromatic hydroxyl groups is 1. The standard InChI is InChI=1S/C68H89N15O20S2/c1-34(84)57(82-64(98)50(30-37-32-73-43-11-6-4-9-40(37)43)79-63(97)49(29-36-31-72-42-10-5-3-8-39(36)42)78-60(94)46(19-23-55(88)89)74-58(92)41(69)25-27-105-2)66(100)76-45(18-22-54(71)87)59(93)77-47(20-24-56(90)91)67(101)83-26-7-12-52(83)65(99)80-48(28-35-13-15-38(85)16-14-35)62(96)75-44(17-21-53(70)86)61(95)81-51(33-104)68(102)103/h3-6,8-11,13-16,31-32,34,41,44-52,57,72-73,84-85,104H,7,12,17-30,33,69H2,1-2H3,(H2,70,86)(H2,71,87)(H,74,92)(H,75,96)(H,76,100)(H,77,93)(H,78,94)(H,79,97)(H,80,99)(H,81,95)(H,82,98)(H,88,89)(H,90,91)(H,102,103)/t34-,41+,44+,45+,46+,47+,48+,49+,50+,51+,52+,57+/m1/s1. The number of benzene rings is 3. The number of thiol groups is 1. The van der Waals surface area contributed by atoms with Crippen molar-refractivity contribution in [2.75, 3.05) is 24.3 Å². The lowest BCUT2D eigenvalue weighted by Crippen LogP contribution is -2.62. The third-order valence-electron chi connectivity index (χ3n) is 17.3. The van der Waals surface area contributed by atoms with E-state index in [1.54, 1.807) is 67.2 Å². The van der Waals surface area contributed by atoms with E-state index in [0.29, 0.717) is 44.2 Å². The number of hydrogen-bond acceptors (Lipinski definition) is 20. The maximum atomic E-state index is 15.0. The summed E-state index contributed by atoms with van der Waals surface area (Å²) in [4.78, 5) is 211. The van der Waals surface area contributed by atoms with E-state index < -0.39 is 213 Å². The van der Waals surface area contributed by atoms with Gasteiger partial charge in [-0.25, -0.2) is 4.79 Å². The van der Waals surface area contributed by atoms with E-state index in [2.05, 4.69) is 70.4 Å². The zero-order chi connectivity index (χ0) is 77.2. The van der Waals surface area contributed by atoms with Crippen LogP contribution in [0.1, 0.15) is 94.2 Å². The van der Waals surface area contributed by atoms with Crippen LogP contribution in [0.5, 0.6) is 5.75 Å². The van der Waals surface area contributed by atoms with Crippen LogP contribution in [0.25, 0.3) is 21.8 Å². The Hall–Kier alpha value is -10.8. The van der Waals surface area contributed by atoms with Gasteiger partial charge in [-0.15, -0.1) is 0 Å². The Balaban J connectivity index is 1.27. The lowest BCUT2D eigenvalue weighted by Gasteiger charge is -2.31. The second-order valence-electron chi connectivity index (χ2n) is 25.2. The number of carbonyl (C=O) groups excluding carboxylic acids is 12. The number of aromatic nitrogens is 2. The molecule has 3 heterocycles. The lowest BCUT2D eigenvalue weighted by molar-refractivity contribution is -0.144. The number of primary amides is 2. The van der Waals surface area contributed by atoms with E-state index in [-0.39, 0.29) is 56.6 Å². The van der Waals surface area contributed by atoms with E-state index in [1.165, 1.54) is 36.0 Å². The molecular formula is C68H89N15O20S2. The number of carboxylic acid groups (broad SMARTS) is 3. The van der Waals surface area contributed by atoms with Gasteiger partial charge in [0.25, 0.3) is 0 Å². The van der Waals surface area contributed by atoms with Gasteiger partial charge >= 0.3 is 17.9 Å². The first-order valence-corrected chi connectivity index (χ1v) is 35.6. The number of aliphatic hydroxyl groups is 1. The highest BCUT2D eigenvalue weighted by atomic mass is 32.2. The number of para-hydroxylation sites is 2. The number of aromatic amines is 2. The van der Waals surface area contributed by atoms with Gasteiger partial charge in [0.05, 0.1) is 12.1 Å². The normalized spacial score (nSPS) is 15.8. The van der Waals surface area contributed by atoms with Crippen molar-refractivity contribution in [1.29, 1.82) is 0 Å². The van der Waals surface area contributed by atoms with Crippen molar-refractivity contribution in [2.45, 2.75) is 169 Å². The minimum Gasteiger partial charge on any atom is -0.508 e. The molecule has 0 aliphatic carbocycles. The second kappa shape index (κ2) is 40.3. The molecule has 0 bridgehead atoms. The van der Waals surface area contributed by atoms with Gasteiger partial charge in [-0.05, 0) is 105 Å². The summed E-state index contributed by atoms with van der Waals surface area (Å²) in [7, 11) is 0. The second-order valence-corrected chi connectivity index (χ2v) is 26.5. The highest BCUT2D eigenvalue weighted by Crippen LogP contribution is 2.24. The Morgan fingerprint density at radius 2 is 0.952 bits per heavy atom. The van der Waals surface area contributed by atoms with Gasteiger partial charge in [0.2, 0.25) is 70.9 Å². The van der Waals surface area contributed by atoms with Crippen molar-refractivity contribution >= 4 is 135 Å². The summed E-state index contributed by atoms with van der Waals surface area (Å²) in [6.07, 6.45) is -2.12. The van der Waals surface area contributed by atoms with Gasteiger partial charge in [-0.2, -0.15) is 24.4 Å². The maximum Gasteiger partial charge on any atom is 0.327 e. The van der Waals surface area contributed by atoms with Gasteiger partial charge in [0.1, 0.15) is 66.2 Å². The fourth-order valence-corrected chi connectivity index (χ4v) is 12.3. The monoisotopic (exact) mass is 1500 g/mol. The molecule has 1 fully saturated rings. The first-order chi connectivity index (χ1) is 49.9.